The zero-order chi connectivity index (χ0) is 13.9. The third-order valence-electron chi connectivity index (χ3n) is 2.37. The largest absolute Gasteiger partial charge is 0.480 e. The Hall–Kier alpha value is -2.15. The van der Waals surface area contributed by atoms with E-state index in [1.807, 2.05) is 0 Å². The van der Waals surface area contributed by atoms with E-state index in [1.165, 1.54) is 26.1 Å². The Bertz CT molecular complexity index is 478. The van der Waals surface area contributed by atoms with Crippen molar-refractivity contribution >= 4 is 17.7 Å². The van der Waals surface area contributed by atoms with Crippen LogP contribution in [0.15, 0.2) is 12.3 Å². The molecule has 0 saturated heterocycles. The van der Waals surface area contributed by atoms with Crippen molar-refractivity contribution in [3.63, 3.8) is 0 Å². The van der Waals surface area contributed by atoms with E-state index in [0.29, 0.717) is 5.56 Å². The minimum Gasteiger partial charge on any atom is -0.480 e. The summed E-state index contributed by atoms with van der Waals surface area (Å²) in [6, 6.07) is -0.0832. The zero-order valence-corrected chi connectivity index (χ0v) is 9.93. The van der Waals surface area contributed by atoms with Crippen LogP contribution in [0.4, 0.5) is 0 Å². The number of carbonyl (C=O) groups is 3. The van der Waals surface area contributed by atoms with Crippen molar-refractivity contribution in [3.8, 4) is 0 Å². The van der Waals surface area contributed by atoms with Crippen LogP contribution in [0.2, 0.25) is 0 Å². The molecule has 18 heavy (non-hydrogen) atoms. The van der Waals surface area contributed by atoms with Gasteiger partial charge in [0.2, 0.25) is 0 Å². The van der Waals surface area contributed by atoms with Crippen molar-refractivity contribution in [3.05, 3.63) is 23.5 Å². The highest BCUT2D eigenvalue weighted by molar-refractivity contribution is 6.00. The molecule has 0 aliphatic rings. The average molecular weight is 254 g/mol. The van der Waals surface area contributed by atoms with E-state index in [-0.39, 0.29) is 11.5 Å². The first-order chi connectivity index (χ1) is 8.32. The molecule has 2 atom stereocenters. The Balaban J connectivity index is 2.80. The van der Waals surface area contributed by atoms with Gasteiger partial charge in [-0.3, -0.25) is 9.59 Å². The van der Waals surface area contributed by atoms with Crippen molar-refractivity contribution in [2.45, 2.75) is 26.0 Å². The van der Waals surface area contributed by atoms with E-state index < -0.39 is 24.0 Å². The second-order valence-electron chi connectivity index (χ2n) is 3.89. The van der Waals surface area contributed by atoms with Crippen LogP contribution in [0.25, 0.3) is 0 Å². The monoisotopic (exact) mass is 254 g/mol. The van der Waals surface area contributed by atoms with Crippen LogP contribution in [0, 0.1) is 0 Å². The number of rotatable bonds is 5. The number of hydrogen-bond donors (Lipinski definition) is 4. The lowest BCUT2D eigenvalue weighted by atomic mass is 10.1. The topological polar surface area (TPSA) is 119 Å². The Morgan fingerprint density at radius 1 is 1.39 bits per heavy atom. The second-order valence-corrected chi connectivity index (χ2v) is 3.89. The summed E-state index contributed by atoms with van der Waals surface area (Å²) in [5.41, 5.74) is 0.385. The van der Waals surface area contributed by atoms with E-state index in [2.05, 4.69) is 10.3 Å². The van der Waals surface area contributed by atoms with E-state index in [0.717, 1.165) is 0 Å². The number of aromatic amines is 1. The molecule has 1 heterocycles. The molecule has 7 nitrogen and oxygen atoms in total. The van der Waals surface area contributed by atoms with Gasteiger partial charge in [-0.1, -0.05) is 0 Å². The highest BCUT2D eigenvalue weighted by Crippen LogP contribution is 2.05. The van der Waals surface area contributed by atoms with Gasteiger partial charge in [-0.05, 0) is 19.9 Å². The number of H-pyrrole nitrogens is 1. The van der Waals surface area contributed by atoms with E-state index in [4.69, 9.17) is 5.11 Å². The zero-order valence-electron chi connectivity index (χ0n) is 9.93. The van der Waals surface area contributed by atoms with Crippen molar-refractivity contribution in [1.82, 2.24) is 10.3 Å². The van der Waals surface area contributed by atoms with Gasteiger partial charge in [0.05, 0.1) is 6.10 Å². The molecular formula is C11H14N2O5. The molecule has 98 valence electrons. The Labute approximate surface area is 103 Å². The number of nitrogens with one attached hydrogen (secondary N) is 2. The maximum absolute atomic E-state index is 11.7. The summed E-state index contributed by atoms with van der Waals surface area (Å²) in [5, 5.41) is 20.2. The third-order valence-corrected chi connectivity index (χ3v) is 2.37. The molecule has 0 saturated carbocycles. The first-order valence-corrected chi connectivity index (χ1v) is 5.24. The standard InChI is InChI=1S/C11H14N2O5/c1-5(14)7-3-8(12-4-7)10(16)13-9(6(2)15)11(17)18/h3-4,6,9,12,15H,1-2H3,(H,13,16)(H,17,18). The number of ketones is 1. The number of carboxylic acids is 1. The van der Waals surface area contributed by atoms with Gasteiger partial charge in [0.15, 0.2) is 11.8 Å². The number of aliphatic hydroxyl groups excluding tert-OH is 1. The van der Waals surface area contributed by atoms with Crippen molar-refractivity contribution in [2.75, 3.05) is 0 Å². The number of hydrogen-bond acceptors (Lipinski definition) is 4. The van der Waals surface area contributed by atoms with Crippen molar-refractivity contribution in [1.29, 1.82) is 0 Å². The highest BCUT2D eigenvalue weighted by Gasteiger charge is 2.26. The summed E-state index contributed by atoms with van der Waals surface area (Å²) < 4.78 is 0. The fourth-order valence-corrected chi connectivity index (χ4v) is 1.34. The molecule has 0 radical (unpaired) electrons. The van der Waals surface area contributed by atoms with Crippen LogP contribution in [-0.2, 0) is 4.79 Å². The molecule has 0 bridgehead atoms. The van der Waals surface area contributed by atoms with E-state index in [9.17, 15) is 19.5 Å². The van der Waals surface area contributed by atoms with E-state index >= 15 is 0 Å². The van der Waals surface area contributed by atoms with Gasteiger partial charge in [0.1, 0.15) is 5.69 Å². The molecular weight excluding hydrogens is 240 g/mol. The predicted octanol–water partition coefficient (Wildman–Crippen LogP) is -0.219. The Morgan fingerprint density at radius 2 is 2.00 bits per heavy atom. The van der Waals surface area contributed by atoms with Crippen molar-refractivity contribution < 1.29 is 24.6 Å². The van der Waals surface area contributed by atoms with E-state index in [1.54, 1.807) is 0 Å². The van der Waals surface area contributed by atoms with Gasteiger partial charge in [0, 0.05) is 11.8 Å². The summed E-state index contributed by atoms with van der Waals surface area (Å²) in [5.74, 6) is -2.25. The smallest absolute Gasteiger partial charge is 0.328 e. The summed E-state index contributed by atoms with van der Waals surface area (Å²) >= 11 is 0. The Kier molecular flexibility index (Phi) is 4.22. The summed E-state index contributed by atoms with van der Waals surface area (Å²) in [7, 11) is 0. The first kappa shape index (κ1) is 13.9. The lowest BCUT2D eigenvalue weighted by Gasteiger charge is -2.16. The minimum absolute atomic E-state index is 0.0621. The van der Waals surface area contributed by atoms with Crippen LogP contribution < -0.4 is 5.32 Å². The number of carboxylic acid groups (broad SMARTS) is 1. The molecule has 0 spiro atoms. The molecule has 1 aromatic heterocycles. The number of carbonyl (C=O) groups excluding carboxylic acids is 2. The highest BCUT2D eigenvalue weighted by atomic mass is 16.4. The van der Waals surface area contributed by atoms with Gasteiger partial charge in [0.25, 0.3) is 5.91 Å². The maximum Gasteiger partial charge on any atom is 0.328 e. The molecule has 1 rings (SSSR count). The number of amides is 1. The Morgan fingerprint density at radius 3 is 2.39 bits per heavy atom. The van der Waals surface area contributed by atoms with Crippen LogP contribution in [0.3, 0.4) is 0 Å². The van der Waals surface area contributed by atoms with Crippen LogP contribution in [-0.4, -0.2) is 45.0 Å². The van der Waals surface area contributed by atoms with Crippen LogP contribution in [0.1, 0.15) is 34.7 Å². The summed E-state index contributed by atoms with van der Waals surface area (Å²) in [6.07, 6.45) is 0.128. The second kappa shape index (κ2) is 5.46. The number of aliphatic carboxylic acids is 1. The quantitative estimate of drug-likeness (QED) is 0.541. The average Bonchev–Trinajstić information content (AvgIpc) is 2.73. The fraction of sp³-hybridized carbons (Fsp3) is 0.364. The van der Waals surface area contributed by atoms with Gasteiger partial charge >= 0.3 is 5.97 Å². The van der Waals surface area contributed by atoms with Crippen LogP contribution >= 0.6 is 0 Å². The molecule has 0 aliphatic heterocycles. The molecule has 2 unspecified atom stereocenters. The maximum atomic E-state index is 11.7. The summed E-state index contributed by atoms with van der Waals surface area (Å²) in [6.45, 7) is 2.61. The van der Waals surface area contributed by atoms with Gasteiger partial charge in [-0.25, -0.2) is 4.79 Å². The molecule has 0 fully saturated rings. The molecule has 7 heteroatoms. The van der Waals surface area contributed by atoms with Crippen LogP contribution in [0.5, 0.6) is 0 Å². The first-order valence-electron chi connectivity index (χ1n) is 5.24. The van der Waals surface area contributed by atoms with Gasteiger partial charge < -0.3 is 20.5 Å². The van der Waals surface area contributed by atoms with Gasteiger partial charge in [-0.15, -0.1) is 0 Å². The third kappa shape index (κ3) is 3.17. The number of Topliss-reactive ketones (excluding diaryl/α,β-unsaturated/α-hetero) is 1. The molecule has 0 aromatic carbocycles. The SMILES string of the molecule is CC(=O)c1c[nH]c(C(=O)NC(C(=O)O)C(C)O)c1. The number of aromatic nitrogens is 1. The molecule has 1 amide bonds. The number of aliphatic hydroxyl groups is 1. The minimum atomic E-state index is -1.40. The fourth-order valence-electron chi connectivity index (χ4n) is 1.34. The normalized spacial score (nSPS) is 13.7. The molecule has 1 aromatic rings. The summed E-state index contributed by atoms with van der Waals surface area (Å²) in [4.78, 5) is 36.1. The molecule has 4 N–H and O–H groups in total. The predicted molar refractivity (Wildman–Crippen MR) is 61.4 cm³/mol. The van der Waals surface area contributed by atoms with Crippen molar-refractivity contribution in [2.24, 2.45) is 0 Å². The lowest BCUT2D eigenvalue weighted by molar-refractivity contribution is -0.141. The van der Waals surface area contributed by atoms with Gasteiger partial charge in [-0.2, -0.15) is 0 Å². The molecule has 0 aliphatic carbocycles. The lowest BCUT2D eigenvalue weighted by Crippen LogP contribution is -2.47.